The van der Waals surface area contributed by atoms with E-state index in [1.54, 1.807) is 29.0 Å². The molecule has 3 fully saturated rings. The maximum absolute atomic E-state index is 13.5. The molecule has 1 unspecified atom stereocenters. The van der Waals surface area contributed by atoms with E-state index >= 15 is 0 Å². The van der Waals surface area contributed by atoms with Gasteiger partial charge in [0.15, 0.2) is 0 Å². The molecule has 6 heterocycles. The van der Waals surface area contributed by atoms with Crippen molar-refractivity contribution >= 4 is 57.5 Å². The van der Waals surface area contributed by atoms with Crippen LogP contribution in [-0.2, 0) is 4.79 Å². The Balaban J connectivity index is 1.27. The van der Waals surface area contributed by atoms with Crippen molar-refractivity contribution in [3.63, 3.8) is 0 Å². The molecular weight excluding hydrogens is 685 g/mol. The van der Waals surface area contributed by atoms with E-state index in [-0.39, 0.29) is 46.5 Å². The lowest BCUT2D eigenvalue weighted by atomic mass is 10.1. The smallest absolute Gasteiger partial charge is 0.341 e. The lowest BCUT2D eigenvalue weighted by Gasteiger charge is -2.43. The number of anilines is 2. The number of aromatic carboxylic acids is 1. The van der Waals surface area contributed by atoms with Gasteiger partial charge in [0.1, 0.15) is 23.0 Å². The Kier molecular flexibility index (Phi) is 9.22. The number of fused-ring (bicyclic) bond motifs is 1. The summed E-state index contributed by atoms with van der Waals surface area (Å²) >= 11 is 13.4. The minimum absolute atomic E-state index is 0.0963. The Hall–Kier alpha value is -4.59. The zero-order valence-corrected chi connectivity index (χ0v) is 29.4. The van der Waals surface area contributed by atoms with E-state index in [1.807, 2.05) is 17.0 Å². The van der Waals surface area contributed by atoms with Gasteiger partial charge in [0.05, 0.1) is 47.3 Å². The number of methoxy groups -OCH3 is 1. The lowest BCUT2D eigenvalue weighted by molar-refractivity contribution is -0.129. The zero-order chi connectivity index (χ0) is 35.3. The third-order valence-electron chi connectivity index (χ3n) is 9.89. The van der Waals surface area contributed by atoms with Gasteiger partial charge in [0.2, 0.25) is 23.1 Å². The molecule has 262 valence electrons. The monoisotopic (exact) mass is 721 g/mol. The van der Waals surface area contributed by atoms with Crippen LogP contribution in [0.25, 0.3) is 16.6 Å². The minimum Gasteiger partial charge on any atom is -0.481 e. The molecule has 3 aliphatic heterocycles. The van der Waals surface area contributed by atoms with Crippen LogP contribution in [0, 0.1) is 0 Å². The molecule has 0 radical (unpaired) electrons. The Morgan fingerprint density at radius 1 is 1.06 bits per heavy atom. The summed E-state index contributed by atoms with van der Waals surface area (Å²) in [6.07, 6.45) is 4.92. The topological polar surface area (TPSA) is 134 Å². The molecule has 1 aromatic carbocycles. The van der Waals surface area contributed by atoms with Crippen molar-refractivity contribution in [3.05, 3.63) is 74.6 Å². The number of benzene rings is 1. The van der Waals surface area contributed by atoms with Crippen molar-refractivity contribution < 1.29 is 24.2 Å². The second-order valence-corrected chi connectivity index (χ2v) is 13.9. The standard InChI is InChI=1S/C35H37Cl2N7O6/c1-40(2)23-15-41(16-23)30-8-6-20(14-38-30)44-18-25(35(47)48)33(46)24-12-27(37)29(13-28(24)44)43-17-21(42-10-4-5-32(42)45)11-22(43)19-50-34-26(36)7-9-31(39-34)49-3/h6-9,12-14,18,21-23H,4-5,10-11,15-17,19H2,1-3H3,(H,47,48)/t21?,22-/m1/s1. The summed E-state index contributed by atoms with van der Waals surface area (Å²) in [6, 6.07) is 10.5. The van der Waals surface area contributed by atoms with Gasteiger partial charge >= 0.3 is 5.97 Å². The summed E-state index contributed by atoms with van der Waals surface area (Å²) in [7, 11) is 5.61. The van der Waals surface area contributed by atoms with Crippen LogP contribution in [0.3, 0.4) is 0 Å². The number of nitrogens with zero attached hydrogens (tertiary/aromatic N) is 7. The maximum Gasteiger partial charge on any atom is 0.341 e. The number of aromatic nitrogens is 3. The molecule has 50 heavy (non-hydrogen) atoms. The number of carbonyl (C=O) groups excluding carboxylic acids is 1. The Labute approximate surface area is 298 Å². The number of carbonyl (C=O) groups is 2. The van der Waals surface area contributed by atoms with Crippen molar-refractivity contribution in [2.45, 2.75) is 37.4 Å². The largest absolute Gasteiger partial charge is 0.481 e. The van der Waals surface area contributed by atoms with Crippen LogP contribution in [0.15, 0.2) is 53.6 Å². The second-order valence-electron chi connectivity index (χ2n) is 13.1. The number of ether oxygens (including phenoxy) is 2. The van der Waals surface area contributed by atoms with Crippen LogP contribution in [-0.4, -0.2) is 113 Å². The fourth-order valence-corrected chi connectivity index (χ4v) is 7.45. The predicted octanol–water partition coefficient (Wildman–Crippen LogP) is 4.19. The fraction of sp³-hybridized carbons (Fsp3) is 0.400. The van der Waals surface area contributed by atoms with Gasteiger partial charge in [0, 0.05) is 56.3 Å². The van der Waals surface area contributed by atoms with Gasteiger partial charge in [-0.25, -0.2) is 9.78 Å². The molecule has 15 heteroatoms. The van der Waals surface area contributed by atoms with Crippen LogP contribution < -0.4 is 24.7 Å². The molecule has 1 amide bonds. The number of halogens is 2. The molecule has 3 aromatic heterocycles. The van der Waals surface area contributed by atoms with Crippen LogP contribution in [0.1, 0.15) is 29.6 Å². The van der Waals surface area contributed by atoms with E-state index < -0.39 is 11.4 Å². The average molecular weight is 723 g/mol. The van der Waals surface area contributed by atoms with Gasteiger partial charge < -0.3 is 38.7 Å². The quantitative estimate of drug-likeness (QED) is 0.253. The Morgan fingerprint density at radius 3 is 2.52 bits per heavy atom. The minimum atomic E-state index is -1.34. The van der Waals surface area contributed by atoms with Crippen LogP contribution in [0.5, 0.6) is 11.8 Å². The zero-order valence-electron chi connectivity index (χ0n) is 27.9. The average Bonchev–Trinajstić information content (AvgIpc) is 3.69. The molecule has 13 nitrogen and oxygen atoms in total. The molecular formula is C35H37Cl2N7O6. The first-order chi connectivity index (χ1) is 24.0. The third-order valence-corrected chi connectivity index (χ3v) is 10.5. The number of amides is 1. The molecule has 0 saturated carbocycles. The molecule has 7 rings (SSSR count). The van der Waals surface area contributed by atoms with E-state index in [0.717, 1.165) is 25.3 Å². The Bertz CT molecular complexity index is 2020. The summed E-state index contributed by atoms with van der Waals surface area (Å²) in [4.78, 5) is 55.9. The number of hydrogen-bond donors (Lipinski definition) is 1. The van der Waals surface area contributed by atoms with Gasteiger partial charge in [-0.2, -0.15) is 4.98 Å². The van der Waals surface area contributed by atoms with Crippen molar-refractivity contribution in [2.75, 3.05) is 63.8 Å². The highest BCUT2D eigenvalue weighted by molar-refractivity contribution is 6.34. The molecule has 3 saturated heterocycles. The van der Waals surface area contributed by atoms with Crippen LogP contribution >= 0.6 is 23.2 Å². The highest BCUT2D eigenvalue weighted by atomic mass is 35.5. The molecule has 2 atom stereocenters. The highest BCUT2D eigenvalue weighted by Gasteiger charge is 2.40. The van der Waals surface area contributed by atoms with Crippen molar-refractivity contribution in [1.82, 2.24) is 24.3 Å². The number of rotatable bonds is 10. The Morgan fingerprint density at radius 2 is 1.86 bits per heavy atom. The van der Waals surface area contributed by atoms with Crippen molar-refractivity contribution in [2.24, 2.45) is 0 Å². The number of likely N-dealkylation sites (tertiary alicyclic amines) is 1. The third kappa shape index (κ3) is 6.29. The van der Waals surface area contributed by atoms with Crippen molar-refractivity contribution in [3.8, 4) is 17.4 Å². The summed E-state index contributed by atoms with van der Waals surface area (Å²) < 4.78 is 13.1. The van der Waals surface area contributed by atoms with Crippen molar-refractivity contribution in [1.29, 1.82) is 0 Å². The molecule has 3 aliphatic rings. The maximum atomic E-state index is 13.5. The predicted molar refractivity (Wildman–Crippen MR) is 191 cm³/mol. The highest BCUT2D eigenvalue weighted by Crippen LogP contribution is 2.38. The van der Waals surface area contributed by atoms with E-state index in [9.17, 15) is 19.5 Å². The molecule has 0 bridgehead atoms. The normalized spacial score (nSPS) is 19.5. The SMILES string of the molecule is COc1ccc(Cl)c(OC[C@H]2CC(N3CCCC3=O)CN2c2cc3c(cc2Cl)c(=O)c(C(=O)O)cn3-c2ccc(N3CC(N(C)C)C3)nc2)n1. The van der Waals surface area contributed by atoms with E-state index in [0.29, 0.717) is 59.8 Å². The summed E-state index contributed by atoms with van der Waals surface area (Å²) in [5.41, 5.74) is 0.633. The van der Waals surface area contributed by atoms with Gasteiger partial charge in [0.25, 0.3) is 0 Å². The molecule has 4 aromatic rings. The number of pyridine rings is 3. The van der Waals surface area contributed by atoms with E-state index in [4.69, 9.17) is 32.7 Å². The van der Waals surface area contributed by atoms with Gasteiger partial charge in [-0.15, -0.1) is 0 Å². The fourth-order valence-electron chi connectivity index (χ4n) is 7.02. The van der Waals surface area contributed by atoms with E-state index in [1.165, 1.54) is 19.4 Å². The number of carboxylic acid groups (broad SMARTS) is 1. The summed E-state index contributed by atoms with van der Waals surface area (Å²) in [6.45, 7) is 3.04. The summed E-state index contributed by atoms with van der Waals surface area (Å²) in [5, 5.41) is 10.7. The van der Waals surface area contributed by atoms with Gasteiger partial charge in [-0.3, -0.25) is 9.59 Å². The first-order valence-electron chi connectivity index (χ1n) is 16.4. The van der Waals surface area contributed by atoms with Gasteiger partial charge in [-0.05, 0) is 57.3 Å². The molecule has 0 aliphatic carbocycles. The lowest BCUT2D eigenvalue weighted by Crippen LogP contribution is -2.57. The molecule has 0 spiro atoms. The summed E-state index contributed by atoms with van der Waals surface area (Å²) in [5.74, 6) is 0.158. The second kappa shape index (κ2) is 13.6. The molecule has 1 N–H and O–H groups in total. The number of carboxylic acids is 1. The van der Waals surface area contributed by atoms with E-state index in [2.05, 4.69) is 38.8 Å². The first-order valence-corrected chi connectivity index (χ1v) is 17.2. The van der Waals surface area contributed by atoms with Crippen LogP contribution in [0.2, 0.25) is 10.0 Å². The number of hydrogen-bond acceptors (Lipinski definition) is 10. The number of likely N-dealkylation sites (N-methyl/N-ethyl adjacent to an activating group) is 1. The van der Waals surface area contributed by atoms with Gasteiger partial charge in [-0.1, -0.05) is 23.2 Å². The first kappa shape index (κ1) is 33.9. The van der Waals surface area contributed by atoms with Crippen LogP contribution in [0.4, 0.5) is 11.5 Å².